The van der Waals surface area contributed by atoms with Gasteiger partial charge in [0, 0.05) is 18.7 Å². The molecule has 0 bridgehead atoms. The van der Waals surface area contributed by atoms with E-state index in [1.165, 1.54) is 29.5 Å². The average Bonchev–Trinajstić information content (AvgIpc) is 3.19. The van der Waals surface area contributed by atoms with Crippen molar-refractivity contribution in [2.24, 2.45) is 5.92 Å². The second-order valence-corrected chi connectivity index (χ2v) is 9.24. The molecule has 3 aromatic rings. The molecule has 0 unspecified atom stereocenters. The van der Waals surface area contributed by atoms with Gasteiger partial charge in [-0.25, -0.2) is 9.37 Å². The Morgan fingerprint density at radius 2 is 2.12 bits per heavy atom. The Bertz CT molecular complexity index is 1170. The summed E-state index contributed by atoms with van der Waals surface area (Å²) in [6.07, 6.45) is 3.29. The van der Waals surface area contributed by atoms with E-state index in [9.17, 15) is 19.1 Å². The van der Waals surface area contributed by atoms with Crippen molar-refractivity contribution in [3.63, 3.8) is 0 Å². The van der Waals surface area contributed by atoms with Gasteiger partial charge in [0.25, 0.3) is 11.5 Å². The van der Waals surface area contributed by atoms with Gasteiger partial charge in [-0.1, -0.05) is 17.7 Å². The van der Waals surface area contributed by atoms with E-state index >= 15 is 0 Å². The molecule has 1 saturated carbocycles. The van der Waals surface area contributed by atoms with Crippen LogP contribution in [0.25, 0.3) is 10.2 Å². The number of aromatic nitrogens is 2. The van der Waals surface area contributed by atoms with Crippen LogP contribution in [0.3, 0.4) is 0 Å². The number of hydrogen-bond acceptors (Lipinski definition) is 6. The van der Waals surface area contributed by atoms with Crippen molar-refractivity contribution in [3.05, 3.63) is 61.7 Å². The van der Waals surface area contributed by atoms with E-state index in [2.05, 4.69) is 15.3 Å². The van der Waals surface area contributed by atoms with Crippen molar-refractivity contribution in [1.29, 1.82) is 0 Å². The van der Waals surface area contributed by atoms with Crippen molar-refractivity contribution in [2.45, 2.75) is 44.9 Å². The highest BCUT2D eigenvalue weighted by atomic mass is 35.5. The number of aliphatic hydroxyl groups excluding tert-OH is 1. The Kier molecular flexibility index (Phi) is 7.20. The number of fused-ring (bicyclic) bond motifs is 1. The van der Waals surface area contributed by atoms with Crippen molar-refractivity contribution < 1.29 is 19.0 Å². The largest absolute Gasteiger partial charge is 0.393 e. The standard InChI is InChI=1S/C22H23ClFN3O4S/c23-16-7-13(3-6-17(16)24)8-25-21(30)19-26-20(29)18-14(11-32-22(18)27-19)10-31-9-12-1-4-15(28)5-2-12/h3,6-7,11-12,15,28H,1-2,4-5,8-10H2,(H,25,30)(H,26,27,29). The molecule has 7 nitrogen and oxygen atoms in total. The van der Waals surface area contributed by atoms with Crippen LogP contribution in [0.1, 0.15) is 47.4 Å². The van der Waals surface area contributed by atoms with E-state index in [1.807, 2.05) is 5.38 Å². The summed E-state index contributed by atoms with van der Waals surface area (Å²) in [4.78, 5) is 32.4. The third kappa shape index (κ3) is 5.35. The fourth-order valence-corrected chi connectivity index (χ4v) is 4.91. The topological polar surface area (TPSA) is 104 Å². The van der Waals surface area contributed by atoms with Crippen LogP contribution >= 0.6 is 22.9 Å². The number of carbonyl (C=O) groups is 1. The van der Waals surface area contributed by atoms with Gasteiger partial charge in [0.1, 0.15) is 10.6 Å². The van der Waals surface area contributed by atoms with Gasteiger partial charge < -0.3 is 20.1 Å². The molecule has 10 heteroatoms. The Hall–Kier alpha value is -2.33. The Morgan fingerprint density at radius 1 is 1.34 bits per heavy atom. The maximum atomic E-state index is 13.3. The zero-order chi connectivity index (χ0) is 22.7. The normalized spacial score (nSPS) is 18.7. The van der Waals surface area contributed by atoms with Gasteiger partial charge in [-0.15, -0.1) is 11.3 Å². The molecule has 170 valence electrons. The minimum Gasteiger partial charge on any atom is -0.393 e. The SMILES string of the molecule is O=C(NCc1ccc(F)c(Cl)c1)c1nc2scc(COCC3CCC(O)CC3)c2c(=O)[nH]1. The molecule has 1 fully saturated rings. The number of hydrogen-bond donors (Lipinski definition) is 3. The number of benzene rings is 1. The second-order valence-electron chi connectivity index (χ2n) is 7.98. The maximum absolute atomic E-state index is 13.3. The van der Waals surface area contributed by atoms with Crippen LogP contribution in [0, 0.1) is 11.7 Å². The maximum Gasteiger partial charge on any atom is 0.287 e. The van der Waals surface area contributed by atoms with Crippen LogP contribution in [0.15, 0.2) is 28.4 Å². The molecule has 0 atom stereocenters. The number of thiophene rings is 1. The first-order valence-electron chi connectivity index (χ1n) is 10.4. The van der Waals surface area contributed by atoms with Crippen LogP contribution in [0.5, 0.6) is 0 Å². The van der Waals surface area contributed by atoms with E-state index in [-0.39, 0.29) is 23.5 Å². The van der Waals surface area contributed by atoms with E-state index in [0.29, 0.717) is 34.9 Å². The molecular weight excluding hydrogens is 457 g/mol. The summed E-state index contributed by atoms with van der Waals surface area (Å²) in [5.74, 6) is -0.750. The van der Waals surface area contributed by atoms with Crippen molar-refractivity contribution in [3.8, 4) is 0 Å². The average molecular weight is 480 g/mol. The lowest BCUT2D eigenvalue weighted by Crippen LogP contribution is -2.27. The molecule has 2 heterocycles. The first kappa shape index (κ1) is 22.8. The summed E-state index contributed by atoms with van der Waals surface area (Å²) >= 11 is 7.03. The number of rotatable bonds is 7. The lowest BCUT2D eigenvalue weighted by atomic mass is 9.88. The van der Waals surface area contributed by atoms with Gasteiger partial charge in [0.2, 0.25) is 5.82 Å². The monoisotopic (exact) mass is 479 g/mol. The van der Waals surface area contributed by atoms with E-state index in [1.54, 1.807) is 0 Å². The summed E-state index contributed by atoms with van der Waals surface area (Å²) in [5.41, 5.74) is 0.962. The number of halogens is 2. The first-order valence-corrected chi connectivity index (χ1v) is 11.6. The van der Waals surface area contributed by atoms with Gasteiger partial charge >= 0.3 is 0 Å². The van der Waals surface area contributed by atoms with Gasteiger partial charge in [-0.2, -0.15) is 0 Å². The number of H-pyrrole nitrogens is 1. The number of carbonyl (C=O) groups excluding carboxylic acids is 1. The fourth-order valence-electron chi connectivity index (χ4n) is 3.78. The van der Waals surface area contributed by atoms with Gasteiger partial charge in [0.15, 0.2) is 0 Å². The summed E-state index contributed by atoms with van der Waals surface area (Å²) in [5, 5.41) is 14.5. The smallest absolute Gasteiger partial charge is 0.287 e. The number of nitrogens with one attached hydrogen (secondary N) is 2. The highest BCUT2D eigenvalue weighted by Crippen LogP contribution is 2.26. The third-order valence-electron chi connectivity index (χ3n) is 5.60. The summed E-state index contributed by atoms with van der Waals surface area (Å²) in [6, 6.07) is 4.17. The van der Waals surface area contributed by atoms with E-state index in [0.717, 1.165) is 31.2 Å². The minimum absolute atomic E-state index is 0.0286. The quantitative estimate of drug-likeness (QED) is 0.478. The molecule has 1 aromatic carbocycles. The summed E-state index contributed by atoms with van der Waals surface area (Å²) < 4.78 is 19.1. The Labute approximate surface area is 192 Å². The second kappa shape index (κ2) is 10.1. The molecule has 0 spiro atoms. The zero-order valence-electron chi connectivity index (χ0n) is 17.2. The highest BCUT2D eigenvalue weighted by Gasteiger charge is 2.20. The first-order chi connectivity index (χ1) is 15.4. The number of aliphatic hydroxyl groups is 1. The number of nitrogens with zero attached hydrogens (tertiary/aromatic N) is 1. The predicted molar refractivity (Wildman–Crippen MR) is 120 cm³/mol. The van der Waals surface area contributed by atoms with Crippen LogP contribution in [-0.4, -0.2) is 33.7 Å². The van der Waals surface area contributed by atoms with Crippen LogP contribution in [0.4, 0.5) is 4.39 Å². The van der Waals surface area contributed by atoms with Crippen LogP contribution < -0.4 is 10.9 Å². The molecule has 0 aliphatic heterocycles. The van der Waals surface area contributed by atoms with Gasteiger partial charge in [-0.3, -0.25) is 9.59 Å². The van der Waals surface area contributed by atoms with Crippen LogP contribution in [0.2, 0.25) is 5.02 Å². The fraction of sp³-hybridized carbons (Fsp3) is 0.409. The van der Waals surface area contributed by atoms with Crippen molar-refractivity contribution in [2.75, 3.05) is 6.61 Å². The lowest BCUT2D eigenvalue weighted by Gasteiger charge is -2.25. The molecule has 32 heavy (non-hydrogen) atoms. The zero-order valence-corrected chi connectivity index (χ0v) is 18.8. The highest BCUT2D eigenvalue weighted by molar-refractivity contribution is 7.16. The van der Waals surface area contributed by atoms with Gasteiger partial charge in [-0.05, 0) is 54.7 Å². The van der Waals surface area contributed by atoms with Crippen molar-refractivity contribution >= 4 is 39.1 Å². The number of aromatic amines is 1. The number of amides is 1. The molecule has 3 N–H and O–H groups in total. The Balaban J connectivity index is 1.38. The number of ether oxygens (including phenoxy) is 1. The molecule has 1 aliphatic carbocycles. The van der Waals surface area contributed by atoms with E-state index < -0.39 is 17.3 Å². The molecular formula is C22H23ClFN3O4S. The van der Waals surface area contributed by atoms with E-state index in [4.69, 9.17) is 16.3 Å². The third-order valence-corrected chi connectivity index (χ3v) is 6.81. The molecule has 0 radical (unpaired) electrons. The minimum atomic E-state index is -0.546. The molecule has 4 rings (SSSR count). The lowest BCUT2D eigenvalue weighted by molar-refractivity contribution is 0.0449. The molecule has 1 aliphatic rings. The molecule has 1 amide bonds. The molecule has 0 saturated heterocycles. The summed E-state index contributed by atoms with van der Waals surface area (Å²) in [7, 11) is 0. The van der Waals surface area contributed by atoms with Crippen molar-refractivity contribution in [1.82, 2.24) is 15.3 Å². The Morgan fingerprint density at radius 3 is 2.88 bits per heavy atom. The summed E-state index contributed by atoms with van der Waals surface area (Å²) in [6.45, 7) is 0.992. The van der Waals surface area contributed by atoms with Crippen LogP contribution in [-0.2, 0) is 17.9 Å². The van der Waals surface area contributed by atoms with Gasteiger partial charge in [0.05, 0.1) is 23.1 Å². The predicted octanol–water partition coefficient (Wildman–Crippen LogP) is 3.77. The molecule has 2 aromatic heterocycles.